The van der Waals surface area contributed by atoms with Crippen molar-refractivity contribution in [2.75, 3.05) is 13.1 Å². The minimum absolute atomic E-state index is 0.452. The van der Waals surface area contributed by atoms with Crippen molar-refractivity contribution in [3.05, 3.63) is 34.1 Å². The Morgan fingerprint density at radius 1 is 1.53 bits per heavy atom. The summed E-state index contributed by atoms with van der Waals surface area (Å²) < 4.78 is 5.00. The highest BCUT2D eigenvalue weighted by Crippen LogP contribution is 2.08. The number of aliphatic imine (C=N–C) groups is 1. The number of nitrogens with one attached hydrogen (secondary N) is 1. The first kappa shape index (κ1) is 13.5. The van der Waals surface area contributed by atoms with Crippen molar-refractivity contribution in [1.82, 2.24) is 15.5 Å². The van der Waals surface area contributed by atoms with Crippen LogP contribution in [0.15, 0.2) is 27.0 Å². The van der Waals surface area contributed by atoms with Gasteiger partial charge in [-0.3, -0.25) is 4.99 Å². The molecular formula is C12H17N5OS. The Hall–Kier alpha value is -1.89. The van der Waals surface area contributed by atoms with E-state index in [2.05, 4.69) is 31.9 Å². The summed E-state index contributed by atoms with van der Waals surface area (Å²) in [6.07, 6.45) is 1.56. The van der Waals surface area contributed by atoms with Gasteiger partial charge in [0.1, 0.15) is 0 Å². The molecule has 0 saturated carbocycles. The Balaban J connectivity index is 1.64. The molecule has 0 bridgehead atoms. The normalized spacial score (nSPS) is 11.7. The smallest absolute Gasteiger partial charge is 0.228 e. The van der Waals surface area contributed by atoms with Crippen LogP contribution in [0.4, 0.5) is 0 Å². The summed E-state index contributed by atoms with van der Waals surface area (Å²) in [5.41, 5.74) is 5.76. The minimum Gasteiger partial charge on any atom is -0.370 e. The Morgan fingerprint density at radius 3 is 3.11 bits per heavy atom. The van der Waals surface area contributed by atoms with Crippen LogP contribution in [0.3, 0.4) is 0 Å². The largest absolute Gasteiger partial charge is 0.370 e. The first-order valence-electron chi connectivity index (χ1n) is 6.09. The third-order valence-electron chi connectivity index (χ3n) is 2.44. The fourth-order valence-corrected chi connectivity index (χ4v) is 2.23. The van der Waals surface area contributed by atoms with E-state index in [1.807, 2.05) is 6.07 Å². The summed E-state index contributed by atoms with van der Waals surface area (Å²) in [6.45, 7) is 3.12. The van der Waals surface area contributed by atoms with Crippen LogP contribution in [-0.4, -0.2) is 29.2 Å². The Morgan fingerprint density at radius 2 is 2.42 bits per heavy atom. The van der Waals surface area contributed by atoms with Crippen LogP contribution >= 0.6 is 11.3 Å². The van der Waals surface area contributed by atoms with Crippen LogP contribution < -0.4 is 11.1 Å². The Labute approximate surface area is 115 Å². The molecule has 102 valence electrons. The van der Waals surface area contributed by atoms with E-state index in [1.54, 1.807) is 18.3 Å². The fraction of sp³-hybridized carbons (Fsp3) is 0.417. The number of nitrogens with two attached hydrogens (primary N) is 1. The predicted octanol–water partition coefficient (Wildman–Crippen LogP) is 1.13. The van der Waals surface area contributed by atoms with Crippen LogP contribution in [0.25, 0.3) is 0 Å². The molecule has 0 unspecified atom stereocenters. The molecule has 0 fully saturated rings. The zero-order valence-electron chi connectivity index (χ0n) is 10.8. The Kier molecular flexibility index (Phi) is 4.91. The third kappa shape index (κ3) is 4.70. The predicted molar refractivity (Wildman–Crippen MR) is 75.3 cm³/mol. The van der Waals surface area contributed by atoms with Crippen LogP contribution in [0.5, 0.6) is 0 Å². The van der Waals surface area contributed by atoms with Crippen LogP contribution in [-0.2, 0) is 12.8 Å². The summed E-state index contributed by atoms with van der Waals surface area (Å²) in [5.74, 6) is 1.71. The number of aryl methyl sites for hydroxylation is 1. The van der Waals surface area contributed by atoms with Crippen molar-refractivity contribution in [3.8, 4) is 0 Å². The van der Waals surface area contributed by atoms with Gasteiger partial charge in [-0.25, -0.2) is 0 Å². The van der Waals surface area contributed by atoms with Crippen molar-refractivity contribution < 1.29 is 4.52 Å². The van der Waals surface area contributed by atoms with Crippen LogP contribution in [0, 0.1) is 6.92 Å². The molecule has 0 spiro atoms. The maximum atomic E-state index is 5.76. The number of thiophene rings is 1. The van der Waals surface area contributed by atoms with E-state index in [4.69, 9.17) is 10.3 Å². The van der Waals surface area contributed by atoms with Gasteiger partial charge in [0.15, 0.2) is 11.8 Å². The maximum absolute atomic E-state index is 5.76. The van der Waals surface area contributed by atoms with Crippen LogP contribution in [0.2, 0.25) is 0 Å². The molecule has 0 amide bonds. The number of hydrogen-bond donors (Lipinski definition) is 2. The number of guanidine groups is 1. The highest BCUT2D eigenvalue weighted by atomic mass is 32.1. The standard InChI is InChI=1S/C12H17N5OS/c1-9-16-11(18-17-9)5-7-15-12(13)14-6-4-10-3-2-8-19-10/h2-3,8H,4-7H2,1H3,(H3,13,14,15). The number of aromatic nitrogens is 2. The van der Waals surface area contributed by atoms with E-state index in [9.17, 15) is 0 Å². The van der Waals surface area contributed by atoms with Crippen molar-refractivity contribution in [1.29, 1.82) is 0 Å². The van der Waals surface area contributed by atoms with Crippen molar-refractivity contribution >= 4 is 17.3 Å². The lowest BCUT2D eigenvalue weighted by Gasteiger charge is -2.03. The van der Waals surface area contributed by atoms with E-state index in [-0.39, 0.29) is 0 Å². The average molecular weight is 279 g/mol. The van der Waals surface area contributed by atoms with Crippen molar-refractivity contribution in [2.45, 2.75) is 19.8 Å². The molecule has 2 aromatic rings. The summed E-state index contributed by atoms with van der Waals surface area (Å²) in [5, 5.41) is 8.80. The molecule has 0 atom stereocenters. The zero-order chi connectivity index (χ0) is 13.5. The minimum atomic E-state index is 0.452. The Bertz CT molecular complexity index is 520. The molecule has 2 rings (SSSR count). The second-order valence-corrected chi connectivity index (χ2v) is 5.04. The summed E-state index contributed by atoms with van der Waals surface area (Å²) >= 11 is 1.73. The van der Waals surface area contributed by atoms with E-state index in [0.29, 0.717) is 37.2 Å². The highest BCUT2D eigenvalue weighted by molar-refractivity contribution is 7.09. The van der Waals surface area contributed by atoms with E-state index >= 15 is 0 Å². The van der Waals surface area contributed by atoms with Gasteiger partial charge < -0.3 is 15.6 Å². The third-order valence-corrected chi connectivity index (χ3v) is 3.37. The highest BCUT2D eigenvalue weighted by Gasteiger charge is 2.02. The lowest BCUT2D eigenvalue weighted by Crippen LogP contribution is -2.33. The first-order chi connectivity index (χ1) is 9.24. The van der Waals surface area contributed by atoms with Crippen molar-refractivity contribution in [2.24, 2.45) is 10.7 Å². The summed E-state index contributed by atoms with van der Waals surface area (Å²) in [6, 6.07) is 4.14. The topological polar surface area (TPSA) is 89.3 Å². The molecular weight excluding hydrogens is 262 g/mol. The van der Waals surface area contributed by atoms with Gasteiger partial charge in [-0.2, -0.15) is 4.98 Å². The van der Waals surface area contributed by atoms with Gasteiger partial charge in [-0.15, -0.1) is 11.3 Å². The van der Waals surface area contributed by atoms with Gasteiger partial charge in [-0.1, -0.05) is 11.2 Å². The van der Waals surface area contributed by atoms with Gasteiger partial charge in [-0.05, 0) is 18.4 Å². The number of nitrogens with zero attached hydrogens (tertiary/aromatic N) is 3. The lowest BCUT2D eigenvalue weighted by molar-refractivity contribution is 0.374. The van der Waals surface area contributed by atoms with E-state index in [1.165, 1.54) is 4.88 Å². The summed E-state index contributed by atoms with van der Waals surface area (Å²) in [4.78, 5) is 9.68. The molecule has 7 heteroatoms. The number of rotatable bonds is 6. The average Bonchev–Trinajstić information content (AvgIpc) is 3.01. The van der Waals surface area contributed by atoms with Gasteiger partial charge in [0.25, 0.3) is 0 Å². The van der Waals surface area contributed by atoms with Gasteiger partial charge in [0.05, 0.1) is 0 Å². The van der Waals surface area contributed by atoms with E-state index < -0.39 is 0 Å². The summed E-state index contributed by atoms with van der Waals surface area (Å²) in [7, 11) is 0. The molecule has 0 aliphatic carbocycles. The molecule has 19 heavy (non-hydrogen) atoms. The monoisotopic (exact) mass is 279 g/mol. The molecule has 0 radical (unpaired) electrons. The molecule has 6 nitrogen and oxygen atoms in total. The second kappa shape index (κ2) is 6.89. The molecule has 3 N–H and O–H groups in total. The maximum Gasteiger partial charge on any atom is 0.228 e. The first-order valence-corrected chi connectivity index (χ1v) is 6.97. The zero-order valence-corrected chi connectivity index (χ0v) is 11.6. The molecule has 0 aliphatic heterocycles. The van der Waals surface area contributed by atoms with E-state index in [0.717, 1.165) is 6.42 Å². The van der Waals surface area contributed by atoms with Gasteiger partial charge in [0, 0.05) is 30.8 Å². The molecule has 2 heterocycles. The quantitative estimate of drug-likeness (QED) is 0.611. The number of hydrogen-bond acceptors (Lipinski definition) is 5. The SMILES string of the molecule is Cc1noc(CCNC(N)=NCCc2cccs2)n1. The fourth-order valence-electron chi connectivity index (χ4n) is 1.54. The van der Waals surface area contributed by atoms with Crippen molar-refractivity contribution in [3.63, 3.8) is 0 Å². The molecule has 0 aliphatic rings. The van der Waals surface area contributed by atoms with Crippen LogP contribution in [0.1, 0.15) is 16.6 Å². The molecule has 2 aromatic heterocycles. The lowest BCUT2D eigenvalue weighted by atomic mass is 10.3. The second-order valence-electron chi connectivity index (χ2n) is 4.01. The molecule has 0 aromatic carbocycles. The van der Waals surface area contributed by atoms with Gasteiger partial charge in [0.2, 0.25) is 5.89 Å². The van der Waals surface area contributed by atoms with Gasteiger partial charge >= 0.3 is 0 Å². The molecule has 0 saturated heterocycles.